The van der Waals surface area contributed by atoms with Crippen LogP contribution in [0.4, 0.5) is 0 Å². The highest BCUT2D eigenvalue weighted by atomic mass is 16.4. The number of carboxylic acid groups (broad SMARTS) is 1. The third-order valence-electron chi connectivity index (χ3n) is 5.35. The quantitative estimate of drug-likeness (QED) is 0.789. The van der Waals surface area contributed by atoms with Crippen molar-refractivity contribution in [1.29, 1.82) is 0 Å². The van der Waals surface area contributed by atoms with Gasteiger partial charge >= 0.3 is 5.97 Å². The highest BCUT2D eigenvalue weighted by Gasteiger charge is 2.46. The van der Waals surface area contributed by atoms with Crippen LogP contribution in [0.2, 0.25) is 0 Å². The highest BCUT2D eigenvalue weighted by molar-refractivity contribution is 5.80. The van der Waals surface area contributed by atoms with Crippen LogP contribution >= 0.6 is 0 Å². The molecule has 2 aliphatic carbocycles. The molecule has 0 radical (unpaired) electrons. The molecule has 1 aliphatic heterocycles. The number of carboxylic acids is 1. The minimum Gasteiger partial charge on any atom is -0.481 e. The first-order valence-corrected chi connectivity index (χ1v) is 7.86. The summed E-state index contributed by atoms with van der Waals surface area (Å²) < 4.78 is 0. The van der Waals surface area contributed by atoms with Gasteiger partial charge in [0, 0.05) is 18.5 Å². The summed E-state index contributed by atoms with van der Waals surface area (Å²) in [5, 5.41) is 9.35. The molecule has 0 aromatic carbocycles. The van der Waals surface area contributed by atoms with Crippen LogP contribution in [0, 0.1) is 17.8 Å². The summed E-state index contributed by atoms with van der Waals surface area (Å²) in [6.45, 7) is 0.636. The van der Waals surface area contributed by atoms with Crippen molar-refractivity contribution < 1.29 is 14.7 Å². The monoisotopic (exact) mass is 277 g/mol. The van der Waals surface area contributed by atoms with E-state index >= 15 is 0 Å². The Morgan fingerprint density at radius 1 is 1.10 bits per heavy atom. The number of fused-ring (bicyclic) bond motifs is 1. The normalized spacial score (nSPS) is 36.7. The number of nitrogens with zero attached hydrogens (tertiary/aromatic N) is 1. The fourth-order valence-corrected chi connectivity index (χ4v) is 4.32. The fraction of sp³-hybridized carbons (Fsp3) is 0.750. The van der Waals surface area contributed by atoms with E-state index in [0.29, 0.717) is 13.0 Å². The van der Waals surface area contributed by atoms with Crippen molar-refractivity contribution in [3.05, 3.63) is 12.2 Å². The average Bonchev–Trinajstić information content (AvgIpc) is 2.95. The predicted octanol–water partition coefficient (Wildman–Crippen LogP) is 2.44. The zero-order valence-corrected chi connectivity index (χ0v) is 11.8. The maximum absolute atomic E-state index is 12.7. The van der Waals surface area contributed by atoms with Crippen LogP contribution in [-0.2, 0) is 9.59 Å². The van der Waals surface area contributed by atoms with E-state index in [-0.39, 0.29) is 29.7 Å². The van der Waals surface area contributed by atoms with Crippen molar-refractivity contribution in [2.75, 3.05) is 6.54 Å². The second-order valence-corrected chi connectivity index (χ2v) is 6.41. The molecule has 4 nitrogen and oxygen atoms in total. The van der Waals surface area contributed by atoms with Crippen LogP contribution in [0.15, 0.2) is 12.2 Å². The lowest BCUT2D eigenvalue weighted by Gasteiger charge is -2.42. The molecule has 1 N–H and O–H groups in total. The Hall–Kier alpha value is -1.32. The summed E-state index contributed by atoms with van der Waals surface area (Å²) in [7, 11) is 0. The van der Waals surface area contributed by atoms with E-state index in [4.69, 9.17) is 0 Å². The number of amides is 1. The van der Waals surface area contributed by atoms with Gasteiger partial charge in [-0.15, -0.1) is 0 Å². The van der Waals surface area contributed by atoms with Gasteiger partial charge in [-0.2, -0.15) is 0 Å². The Kier molecular flexibility index (Phi) is 3.81. The molecule has 20 heavy (non-hydrogen) atoms. The Morgan fingerprint density at radius 3 is 2.65 bits per heavy atom. The maximum Gasteiger partial charge on any atom is 0.306 e. The number of aliphatic carboxylic acids is 1. The number of piperidine rings is 1. The maximum atomic E-state index is 12.7. The lowest BCUT2D eigenvalue weighted by Crippen LogP contribution is -2.52. The van der Waals surface area contributed by atoms with Crippen LogP contribution < -0.4 is 0 Å². The van der Waals surface area contributed by atoms with Crippen LogP contribution in [-0.4, -0.2) is 34.5 Å². The predicted molar refractivity (Wildman–Crippen MR) is 75.1 cm³/mol. The van der Waals surface area contributed by atoms with Gasteiger partial charge in [-0.05, 0) is 44.4 Å². The van der Waals surface area contributed by atoms with Crippen molar-refractivity contribution >= 4 is 11.9 Å². The lowest BCUT2D eigenvalue weighted by atomic mass is 9.80. The van der Waals surface area contributed by atoms with Crippen molar-refractivity contribution in [1.82, 2.24) is 4.90 Å². The van der Waals surface area contributed by atoms with E-state index in [1.165, 1.54) is 0 Å². The first-order valence-electron chi connectivity index (χ1n) is 7.86. The van der Waals surface area contributed by atoms with E-state index in [1.54, 1.807) is 0 Å². The highest BCUT2D eigenvalue weighted by Crippen LogP contribution is 2.41. The second kappa shape index (κ2) is 5.58. The van der Waals surface area contributed by atoms with Gasteiger partial charge in [0.1, 0.15) is 0 Å². The van der Waals surface area contributed by atoms with E-state index < -0.39 is 5.97 Å². The van der Waals surface area contributed by atoms with Gasteiger partial charge in [0.2, 0.25) is 5.91 Å². The number of hydrogen-bond acceptors (Lipinski definition) is 2. The molecule has 0 bridgehead atoms. The number of rotatable bonds is 2. The molecule has 0 aromatic heterocycles. The number of likely N-dealkylation sites (tertiary alicyclic amines) is 1. The minimum absolute atomic E-state index is 0.127. The topological polar surface area (TPSA) is 57.6 Å². The average molecular weight is 277 g/mol. The van der Waals surface area contributed by atoms with Crippen molar-refractivity contribution in [3.63, 3.8) is 0 Å². The van der Waals surface area contributed by atoms with Crippen LogP contribution in [0.1, 0.15) is 44.9 Å². The number of hydrogen-bond donors (Lipinski definition) is 1. The molecule has 3 rings (SSSR count). The third kappa shape index (κ3) is 2.36. The molecule has 0 aromatic rings. The van der Waals surface area contributed by atoms with Gasteiger partial charge < -0.3 is 10.0 Å². The van der Waals surface area contributed by atoms with E-state index in [0.717, 1.165) is 38.5 Å². The Bertz CT molecular complexity index is 431. The molecule has 1 saturated heterocycles. The van der Waals surface area contributed by atoms with Crippen molar-refractivity contribution in [2.45, 2.75) is 51.0 Å². The van der Waals surface area contributed by atoms with Crippen LogP contribution in [0.3, 0.4) is 0 Å². The van der Waals surface area contributed by atoms with Gasteiger partial charge in [-0.1, -0.05) is 18.6 Å². The zero-order valence-electron chi connectivity index (χ0n) is 11.8. The van der Waals surface area contributed by atoms with Crippen LogP contribution in [0.5, 0.6) is 0 Å². The second-order valence-electron chi connectivity index (χ2n) is 6.41. The van der Waals surface area contributed by atoms with E-state index in [9.17, 15) is 14.7 Å². The number of carbonyl (C=O) groups is 2. The summed E-state index contributed by atoms with van der Waals surface area (Å²) in [6, 6.07) is 0.184. The van der Waals surface area contributed by atoms with E-state index in [2.05, 4.69) is 12.2 Å². The van der Waals surface area contributed by atoms with Gasteiger partial charge in [0.15, 0.2) is 0 Å². The SMILES string of the molecule is O=C(O)C1CCN(C(=O)C2CC=CCC2)C2CCCC12. The summed E-state index contributed by atoms with van der Waals surface area (Å²) in [6.07, 6.45) is 10.7. The molecule has 4 unspecified atom stereocenters. The van der Waals surface area contributed by atoms with Crippen molar-refractivity contribution in [2.24, 2.45) is 17.8 Å². The molecule has 4 atom stereocenters. The Balaban J connectivity index is 1.73. The lowest BCUT2D eigenvalue weighted by molar-refractivity contribution is -0.152. The fourth-order valence-electron chi connectivity index (χ4n) is 4.32. The third-order valence-corrected chi connectivity index (χ3v) is 5.35. The molecular formula is C16H23NO3. The number of allylic oxidation sites excluding steroid dienone is 2. The molecular weight excluding hydrogens is 254 g/mol. The van der Waals surface area contributed by atoms with E-state index in [1.807, 2.05) is 4.90 Å². The number of carbonyl (C=O) groups excluding carboxylic acids is 1. The summed E-state index contributed by atoms with van der Waals surface area (Å²) in [5.41, 5.74) is 0. The molecule has 1 saturated carbocycles. The zero-order chi connectivity index (χ0) is 14.1. The van der Waals surface area contributed by atoms with Crippen molar-refractivity contribution in [3.8, 4) is 0 Å². The molecule has 0 spiro atoms. The Labute approximate surface area is 119 Å². The smallest absolute Gasteiger partial charge is 0.306 e. The standard InChI is InChI=1S/C16H23NO3/c18-15(11-5-2-1-3-6-11)17-10-9-13(16(19)20)12-7-4-8-14(12)17/h1-2,11-14H,3-10H2,(H,19,20). The summed E-state index contributed by atoms with van der Waals surface area (Å²) in [4.78, 5) is 26.1. The van der Waals surface area contributed by atoms with Gasteiger partial charge in [-0.25, -0.2) is 0 Å². The molecule has 3 aliphatic rings. The largest absolute Gasteiger partial charge is 0.481 e. The summed E-state index contributed by atoms with van der Waals surface area (Å²) >= 11 is 0. The molecule has 2 fully saturated rings. The molecule has 4 heteroatoms. The first-order chi connectivity index (χ1) is 9.68. The first kappa shape index (κ1) is 13.7. The van der Waals surface area contributed by atoms with Gasteiger partial charge in [0.25, 0.3) is 0 Å². The van der Waals surface area contributed by atoms with Crippen LogP contribution in [0.25, 0.3) is 0 Å². The molecule has 1 amide bonds. The summed E-state index contributed by atoms with van der Waals surface area (Å²) in [5.74, 6) is -0.325. The molecule has 110 valence electrons. The van der Waals surface area contributed by atoms with Gasteiger partial charge in [0.05, 0.1) is 5.92 Å². The molecule has 1 heterocycles. The van der Waals surface area contributed by atoms with Gasteiger partial charge in [-0.3, -0.25) is 9.59 Å². The minimum atomic E-state index is -0.672. The Morgan fingerprint density at radius 2 is 1.95 bits per heavy atom.